The van der Waals surface area contributed by atoms with Crippen LogP contribution in [0, 0.1) is 11.3 Å². The summed E-state index contributed by atoms with van der Waals surface area (Å²) < 4.78 is 0. The van der Waals surface area contributed by atoms with E-state index in [0.29, 0.717) is 41.5 Å². The van der Waals surface area contributed by atoms with Crippen molar-refractivity contribution < 1.29 is 10.2 Å². The zero-order valence-corrected chi connectivity index (χ0v) is 12.5. The Hall–Kier alpha value is -2.29. The highest BCUT2D eigenvalue weighted by atomic mass is 35.5. The molecule has 2 heterocycles. The molecule has 1 saturated heterocycles. The van der Waals surface area contributed by atoms with Crippen molar-refractivity contribution in [3.8, 4) is 11.8 Å². The monoisotopic (exact) mass is 315 g/mol. The molecule has 2 N–H and O–H groups in total. The molecule has 2 aromatic rings. The van der Waals surface area contributed by atoms with Gasteiger partial charge in [-0.15, -0.1) is 0 Å². The predicted molar refractivity (Wildman–Crippen MR) is 82.8 cm³/mol. The summed E-state index contributed by atoms with van der Waals surface area (Å²) in [5.74, 6) is 0.783. The Labute approximate surface area is 133 Å². The third kappa shape index (κ3) is 2.59. The van der Waals surface area contributed by atoms with Gasteiger partial charge in [-0.1, -0.05) is 17.7 Å². The van der Waals surface area contributed by atoms with Crippen LogP contribution in [0.4, 0.5) is 5.82 Å². The first kappa shape index (κ1) is 14.6. The van der Waals surface area contributed by atoms with Crippen molar-refractivity contribution in [3.63, 3.8) is 0 Å². The van der Waals surface area contributed by atoms with Gasteiger partial charge in [0.2, 0.25) is 0 Å². The molecule has 0 bridgehead atoms. The van der Waals surface area contributed by atoms with E-state index in [2.05, 4.69) is 4.98 Å². The average Bonchev–Trinajstić information content (AvgIpc) is 2.90. The van der Waals surface area contributed by atoms with Gasteiger partial charge in [0, 0.05) is 18.3 Å². The molecule has 0 spiro atoms. The number of halogens is 1. The Balaban J connectivity index is 1.85. The standard InChI is InChI=1S/C16H14ClN3O2/c17-14-7-12(21)2-3-13(14)16(22)5-6-20(10-16)15-4-1-11(8-18)9-19-15/h1-4,7,9,21-22H,5-6,10H2. The van der Waals surface area contributed by atoms with Gasteiger partial charge in [-0.3, -0.25) is 0 Å². The van der Waals surface area contributed by atoms with Crippen LogP contribution in [0.3, 0.4) is 0 Å². The number of phenols is 1. The number of phenolic OH excluding ortho intramolecular Hbond substituents is 1. The summed E-state index contributed by atoms with van der Waals surface area (Å²) in [5, 5.41) is 29.5. The lowest BCUT2D eigenvalue weighted by atomic mass is 9.93. The molecule has 1 aliphatic heterocycles. The summed E-state index contributed by atoms with van der Waals surface area (Å²) in [4.78, 5) is 6.20. The second-order valence-electron chi connectivity index (χ2n) is 5.38. The topological polar surface area (TPSA) is 80.4 Å². The van der Waals surface area contributed by atoms with Crippen molar-refractivity contribution in [2.24, 2.45) is 0 Å². The van der Waals surface area contributed by atoms with Gasteiger partial charge in [0.15, 0.2) is 0 Å². The molecule has 0 radical (unpaired) electrons. The molecule has 22 heavy (non-hydrogen) atoms. The predicted octanol–water partition coefficient (Wildman–Crippen LogP) is 2.41. The minimum absolute atomic E-state index is 0.0703. The molecule has 1 atom stereocenters. The third-order valence-corrected chi connectivity index (χ3v) is 4.22. The first-order chi connectivity index (χ1) is 10.5. The maximum Gasteiger partial charge on any atom is 0.128 e. The smallest absolute Gasteiger partial charge is 0.128 e. The van der Waals surface area contributed by atoms with Crippen LogP contribution in [0.2, 0.25) is 5.02 Å². The summed E-state index contributed by atoms with van der Waals surface area (Å²) in [6.07, 6.45) is 2.03. The van der Waals surface area contributed by atoms with Gasteiger partial charge in [-0.25, -0.2) is 4.98 Å². The van der Waals surface area contributed by atoms with E-state index in [1.165, 1.54) is 18.3 Å². The minimum atomic E-state index is -1.08. The van der Waals surface area contributed by atoms with E-state index in [-0.39, 0.29) is 5.75 Å². The number of β-amino-alcohol motifs (C(OH)–C–C–N with tert-alkyl or cyclic N) is 1. The number of aromatic nitrogens is 1. The van der Waals surface area contributed by atoms with Crippen molar-refractivity contribution in [1.29, 1.82) is 5.26 Å². The zero-order valence-electron chi connectivity index (χ0n) is 11.7. The maximum absolute atomic E-state index is 10.9. The van der Waals surface area contributed by atoms with Crippen molar-refractivity contribution in [2.45, 2.75) is 12.0 Å². The van der Waals surface area contributed by atoms with Crippen LogP contribution >= 0.6 is 11.6 Å². The van der Waals surface area contributed by atoms with Crippen molar-refractivity contribution in [2.75, 3.05) is 18.0 Å². The van der Waals surface area contributed by atoms with Gasteiger partial charge in [0.05, 0.1) is 17.1 Å². The minimum Gasteiger partial charge on any atom is -0.508 e. The summed E-state index contributed by atoms with van der Waals surface area (Å²) in [5.41, 5.74) is 0.0169. The summed E-state index contributed by atoms with van der Waals surface area (Å²) >= 11 is 6.14. The molecule has 5 nitrogen and oxygen atoms in total. The van der Waals surface area contributed by atoms with E-state index in [1.807, 2.05) is 11.0 Å². The summed E-state index contributed by atoms with van der Waals surface area (Å²) in [7, 11) is 0. The molecular weight excluding hydrogens is 302 g/mol. The highest BCUT2D eigenvalue weighted by molar-refractivity contribution is 6.31. The largest absolute Gasteiger partial charge is 0.508 e. The number of nitriles is 1. The third-order valence-electron chi connectivity index (χ3n) is 3.90. The Morgan fingerprint density at radius 1 is 1.32 bits per heavy atom. The second-order valence-corrected chi connectivity index (χ2v) is 5.79. The SMILES string of the molecule is N#Cc1ccc(N2CCC(O)(c3ccc(O)cc3Cl)C2)nc1. The van der Waals surface area contributed by atoms with Crippen molar-refractivity contribution >= 4 is 17.4 Å². The number of aliphatic hydroxyl groups is 1. The fourth-order valence-corrected chi connectivity index (χ4v) is 3.08. The Kier molecular flexibility index (Phi) is 3.65. The molecular formula is C16H14ClN3O2. The first-order valence-electron chi connectivity index (χ1n) is 6.84. The molecule has 0 aliphatic carbocycles. The quantitative estimate of drug-likeness (QED) is 0.889. The molecule has 3 rings (SSSR count). The van der Waals surface area contributed by atoms with Crippen LogP contribution in [0.1, 0.15) is 17.5 Å². The second kappa shape index (κ2) is 5.48. The van der Waals surface area contributed by atoms with E-state index < -0.39 is 5.60 Å². The van der Waals surface area contributed by atoms with Crippen LogP contribution < -0.4 is 4.90 Å². The highest BCUT2D eigenvalue weighted by Gasteiger charge is 2.39. The van der Waals surface area contributed by atoms with Crippen LogP contribution in [0.25, 0.3) is 0 Å². The number of hydrogen-bond donors (Lipinski definition) is 2. The molecule has 1 aliphatic rings. The van der Waals surface area contributed by atoms with Crippen LogP contribution in [0.5, 0.6) is 5.75 Å². The number of benzene rings is 1. The maximum atomic E-state index is 10.9. The number of hydrogen-bond acceptors (Lipinski definition) is 5. The fourth-order valence-electron chi connectivity index (χ4n) is 2.73. The number of rotatable bonds is 2. The molecule has 112 valence electrons. The van der Waals surface area contributed by atoms with Crippen LogP contribution in [0.15, 0.2) is 36.5 Å². The summed E-state index contributed by atoms with van der Waals surface area (Å²) in [6, 6.07) is 10.1. The summed E-state index contributed by atoms with van der Waals surface area (Å²) in [6.45, 7) is 0.989. The molecule has 0 saturated carbocycles. The molecule has 1 aromatic carbocycles. The van der Waals surface area contributed by atoms with Crippen molar-refractivity contribution in [1.82, 2.24) is 4.98 Å². The first-order valence-corrected chi connectivity index (χ1v) is 7.22. The van der Waals surface area contributed by atoms with Gasteiger partial charge in [0.25, 0.3) is 0 Å². The number of pyridine rings is 1. The Morgan fingerprint density at radius 2 is 2.14 bits per heavy atom. The number of aromatic hydroxyl groups is 1. The number of nitrogens with zero attached hydrogens (tertiary/aromatic N) is 3. The molecule has 6 heteroatoms. The molecule has 1 fully saturated rings. The van der Waals surface area contributed by atoms with Crippen LogP contribution in [-0.4, -0.2) is 28.3 Å². The van der Waals surface area contributed by atoms with Gasteiger partial charge < -0.3 is 15.1 Å². The highest BCUT2D eigenvalue weighted by Crippen LogP contribution is 2.38. The lowest BCUT2D eigenvalue weighted by molar-refractivity contribution is 0.0607. The number of anilines is 1. The molecule has 0 amide bonds. The zero-order chi connectivity index (χ0) is 15.7. The average molecular weight is 316 g/mol. The molecule has 1 aromatic heterocycles. The van der Waals surface area contributed by atoms with Gasteiger partial charge >= 0.3 is 0 Å². The normalized spacial score (nSPS) is 20.9. The lowest BCUT2D eigenvalue weighted by Gasteiger charge is -2.25. The van der Waals surface area contributed by atoms with E-state index in [4.69, 9.17) is 16.9 Å². The van der Waals surface area contributed by atoms with Gasteiger partial charge in [-0.2, -0.15) is 5.26 Å². The van der Waals surface area contributed by atoms with Gasteiger partial charge in [0.1, 0.15) is 23.2 Å². The van der Waals surface area contributed by atoms with E-state index >= 15 is 0 Å². The lowest BCUT2D eigenvalue weighted by Crippen LogP contribution is -2.31. The fraction of sp³-hybridized carbons (Fsp3) is 0.250. The van der Waals surface area contributed by atoms with E-state index in [9.17, 15) is 10.2 Å². The molecule has 1 unspecified atom stereocenters. The van der Waals surface area contributed by atoms with E-state index in [0.717, 1.165) is 0 Å². The van der Waals surface area contributed by atoms with Crippen LogP contribution in [-0.2, 0) is 5.60 Å². The Bertz CT molecular complexity index is 742. The van der Waals surface area contributed by atoms with Gasteiger partial charge in [-0.05, 0) is 30.7 Å². The Morgan fingerprint density at radius 3 is 2.77 bits per heavy atom. The van der Waals surface area contributed by atoms with Crippen molar-refractivity contribution in [3.05, 3.63) is 52.7 Å². The van der Waals surface area contributed by atoms with E-state index in [1.54, 1.807) is 18.2 Å².